The minimum atomic E-state index is -0.144. The Bertz CT molecular complexity index is 1260. The molecule has 0 aliphatic carbocycles. The Balaban J connectivity index is 1.73. The minimum absolute atomic E-state index is 0.144. The van der Waals surface area contributed by atoms with Gasteiger partial charge in [0.15, 0.2) is 0 Å². The molecule has 4 heterocycles. The van der Waals surface area contributed by atoms with Gasteiger partial charge in [-0.2, -0.15) is 0 Å². The third-order valence-corrected chi connectivity index (χ3v) is 5.71. The van der Waals surface area contributed by atoms with Crippen LogP contribution in [0.25, 0.3) is 33.1 Å². The maximum atomic E-state index is 12.9. The first kappa shape index (κ1) is 17.9. The van der Waals surface area contributed by atoms with Gasteiger partial charge in [-0.15, -0.1) is 0 Å². The van der Waals surface area contributed by atoms with Crippen molar-refractivity contribution in [3.63, 3.8) is 0 Å². The molecule has 29 heavy (non-hydrogen) atoms. The van der Waals surface area contributed by atoms with Gasteiger partial charge in [-0.05, 0) is 38.8 Å². The zero-order chi connectivity index (χ0) is 20.1. The third kappa shape index (κ3) is 2.82. The van der Waals surface area contributed by atoms with Crippen LogP contribution in [0.3, 0.4) is 0 Å². The van der Waals surface area contributed by atoms with Crippen molar-refractivity contribution < 1.29 is 14.0 Å². The van der Waals surface area contributed by atoms with E-state index in [0.717, 1.165) is 46.4 Å². The van der Waals surface area contributed by atoms with Crippen molar-refractivity contribution >= 4 is 21.9 Å². The monoisotopic (exact) mass is 394 g/mol. The van der Waals surface area contributed by atoms with Crippen molar-refractivity contribution in [3.8, 4) is 16.9 Å². The average molecular weight is 394 g/mol. The van der Waals surface area contributed by atoms with Crippen LogP contribution < -0.4 is 10.3 Å². The first-order chi connectivity index (χ1) is 14.1. The van der Waals surface area contributed by atoms with E-state index in [1.165, 1.54) is 0 Å². The van der Waals surface area contributed by atoms with Gasteiger partial charge >= 0.3 is 0 Å². The summed E-state index contributed by atoms with van der Waals surface area (Å²) in [6.07, 6.45) is 1.72. The maximum Gasteiger partial charge on any atom is 0.261 e. The topological polar surface area (TPSA) is 106 Å². The number of fused-ring (bicyclic) bond motifs is 3. The summed E-state index contributed by atoms with van der Waals surface area (Å²) < 4.78 is 16.4. The van der Waals surface area contributed by atoms with Crippen LogP contribution in [-0.4, -0.2) is 40.4 Å². The molecular formula is C21H22N4O4. The number of H-pyrrole nitrogens is 2. The van der Waals surface area contributed by atoms with Crippen LogP contribution in [-0.2, 0) is 4.74 Å². The van der Waals surface area contributed by atoms with E-state index in [4.69, 9.17) is 19.0 Å². The summed E-state index contributed by atoms with van der Waals surface area (Å²) >= 11 is 0. The first-order valence-electron chi connectivity index (χ1n) is 9.71. The Morgan fingerprint density at radius 3 is 2.66 bits per heavy atom. The van der Waals surface area contributed by atoms with Gasteiger partial charge in [0.2, 0.25) is 0 Å². The smallest absolute Gasteiger partial charge is 0.261 e. The molecule has 5 rings (SSSR count). The van der Waals surface area contributed by atoms with E-state index in [1.54, 1.807) is 7.11 Å². The maximum absolute atomic E-state index is 12.9. The van der Waals surface area contributed by atoms with Gasteiger partial charge in [0.1, 0.15) is 23.0 Å². The zero-order valence-corrected chi connectivity index (χ0v) is 16.6. The normalized spacial score (nSPS) is 15.4. The molecular weight excluding hydrogens is 372 g/mol. The van der Waals surface area contributed by atoms with Crippen molar-refractivity contribution in [1.82, 2.24) is 20.1 Å². The lowest BCUT2D eigenvalue weighted by molar-refractivity contribution is 0.0836. The number of ether oxygens (including phenoxy) is 2. The molecule has 8 nitrogen and oxygen atoms in total. The summed E-state index contributed by atoms with van der Waals surface area (Å²) in [5.74, 6) is 2.30. The van der Waals surface area contributed by atoms with Crippen molar-refractivity contribution in [1.29, 1.82) is 0 Å². The van der Waals surface area contributed by atoms with Gasteiger partial charge in [-0.25, -0.2) is 4.98 Å². The van der Waals surface area contributed by atoms with E-state index in [1.807, 2.05) is 26.0 Å². The van der Waals surface area contributed by atoms with Crippen LogP contribution in [0.2, 0.25) is 0 Å². The lowest BCUT2D eigenvalue weighted by Crippen LogP contribution is -2.20. The number of nitrogens with zero attached hydrogens (tertiary/aromatic N) is 2. The second-order valence-electron chi connectivity index (χ2n) is 7.48. The Kier molecular flexibility index (Phi) is 4.16. The van der Waals surface area contributed by atoms with Crippen LogP contribution >= 0.6 is 0 Å². The largest absolute Gasteiger partial charge is 0.496 e. The molecule has 150 valence electrons. The summed E-state index contributed by atoms with van der Waals surface area (Å²) in [4.78, 5) is 24.0. The minimum Gasteiger partial charge on any atom is -0.496 e. The second kappa shape index (κ2) is 6.73. The van der Waals surface area contributed by atoms with Crippen LogP contribution in [0.15, 0.2) is 21.5 Å². The van der Waals surface area contributed by atoms with Crippen LogP contribution in [0.5, 0.6) is 5.75 Å². The molecule has 0 amide bonds. The fraction of sp³-hybridized carbons (Fsp3) is 0.381. The molecule has 1 aliphatic rings. The molecule has 8 heteroatoms. The highest BCUT2D eigenvalue weighted by atomic mass is 16.5. The number of hydrogen-bond acceptors (Lipinski definition) is 6. The fourth-order valence-corrected chi connectivity index (χ4v) is 4.24. The highest BCUT2D eigenvalue weighted by molar-refractivity contribution is 6.07. The summed E-state index contributed by atoms with van der Waals surface area (Å²) in [5, 5.41) is 5.37. The fourth-order valence-electron chi connectivity index (χ4n) is 4.24. The van der Waals surface area contributed by atoms with Gasteiger partial charge < -0.3 is 24.0 Å². The molecule has 1 aliphatic heterocycles. The van der Waals surface area contributed by atoms with Gasteiger partial charge in [-0.1, -0.05) is 5.16 Å². The lowest BCUT2D eigenvalue weighted by Gasteiger charge is -2.20. The van der Waals surface area contributed by atoms with Crippen molar-refractivity contribution in [2.45, 2.75) is 32.6 Å². The van der Waals surface area contributed by atoms with Gasteiger partial charge in [0, 0.05) is 35.6 Å². The summed E-state index contributed by atoms with van der Waals surface area (Å²) in [5.41, 5.74) is 3.81. The SMILES string of the molecule is COc1cc2c(cc1-c1c(C)noc1C)[nH]c1nc(C3CCOCC3)[nH]c(=O)c12. The number of aromatic nitrogens is 4. The first-order valence-corrected chi connectivity index (χ1v) is 9.71. The summed E-state index contributed by atoms with van der Waals surface area (Å²) in [7, 11) is 1.61. The van der Waals surface area contributed by atoms with Crippen molar-refractivity contribution in [2.75, 3.05) is 20.3 Å². The molecule has 0 spiro atoms. The van der Waals surface area contributed by atoms with Gasteiger partial charge in [0.25, 0.3) is 5.56 Å². The number of aryl methyl sites for hydroxylation is 2. The van der Waals surface area contributed by atoms with E-state index in [0.29, 0.717) is 35.8 Å². The molecule has 4 aromatic rings. The summed E-state index contributed by atoms with van der Waals surface area (Å²) in [6, 6.07) is 3.84. The molecule has 0 atom stereocenters. The van der Waals surface area contributed by atoms with E-state index in [9.17, 15) is 4.79 Å². The standard InChI is InChI=1S/C21H22N4O4/c1-10-17(11(2)29-25-10)14-8-15-13(9-16(14)27-3)18-20(22-15)23-19(24-21(18)26)12-4-6-28-7-5-12/h8-9,12H,4-7H2,1-3H3,(H2,22,23,24,26). The molecule has 1 fully saturated rings. The van der Waals surface area contributed by atoms with Gasteiger partial charge in [0.05, 0.1) is 23.8 Å². The summed E-state index contributed by atoms with van der Waals surface area (Å²) in [6.45, 7) is 5.15. The lowest BCUT2D eigenvalue weighted by atomic mass is 9.99. The Morgan fingerprint density at radius 2 is 1.97 bits per heavy atom. The number of rotatable bonds is 3. The Hall–Kier alpha value is -3.13. The van der Waals surface area contributed by atoms with E-state index < -0.39 is 0 Å². The number of hydrogen-bond donors (Lipinski definition) is 2. The molecule has 0 unspecified atom stereocenters. The average Bonchev–Trinajstić information content (AvgIpc) is 3.26. The number of aromatic amines is 2. The van der Waals surface area contributed by atoms with E-state index in [2.05, 4.69) is 15.1 Å². The zero-order valence-electron chi connectivity index (χ0n) is 16.6. The van der Waals surface area contributed by atoms with E-state index >= 15 is 0 Å². The molecule has 0 bridgehead atoms. The number of nitrogens with one attached hydrogen (secondary N) is 2. The molecule has 0 radical (unpaired) electrons. The van der Waals surface area contributed by atoms with Crippen molar-refractivity contribution in [3.05, 3.63) is 39.8 Å². The number of benzene rings is 1. The molecule has 2 N–H and O–H groups in total. The van der Waals surface area contributed by atoms with Crippen LogP contribution in [0.1, 0.15) is 36.0 Å². The predicted molar refractivity (Wildman–Crippen MR) is 109 cm³/mol. The molecule has 3 aromatic heterocycles. The van der Waals surface area contributed by atoms with Gasteiger partial charge in [-0.3, -0.25) is 4.79 Å². The number of methoxy groups -OCH3 is 1. The van der Waals surface area contributed by atoms with Crippen LogP contribution in [0, 0.1) is 13.8 Å². The Labute approximate surface area is 166 Å². The highest BCUT2D eigenvalue weighted by Crippen LogP contribution is 2.39. The second-order valence-corrected chi connectivity index (χ2v) is 7.48. The molecule has 1 saturated heterocycles. The van der Waals surface area contributed by atoms with E-state index in [-0.39, 0.29) is 11.5 Å². The highest BCUT2D eigenvalue weighted by Gasteiger charge is 2.22. The van der Waals surface area contributed by atoms with Crippen molar-refractivity contribution in [2.24, 2.45) is 0 Å². The predicted octanol–water partition coefficient (Wildman–Crippen LogP) is 3.58. The Morgan fingerprint density at radius 1 is 1.17 bits per heavy atom. The third-order valence-electron chi connectivity index (χ3n) is 5.71. The molecule has 1 aromatic carbocycles. The molecule has 0 saturated carbocycles. The quantitative estimate of drug-likeness (QED) is 0.550. The van der Waals surface area contributed by atoms with Crippen LogP contribution in [0.4, 0.5) is 0 Å².